The average molecular weight is 549 g/mol. The second-order valence-corrected chi connectivity index (χ2v) is 12.6. The second kappa shape index (κ2) is 10.7. The number of fused-ring (bicyclic) bond motifs is 5. The van der Waals surface area contributed by atoms with Crippen LogP contribution in [0, 0.1) is 40.9 Å². The Hall–Kier alpha value is -3.15. The molecule has 3 saturated carbocycles. The van der Waals surface area contributed by atoms with Gasteiger partial charge in [-0.05, 0) is 86.2 Å². The molecule has 3 fully saturated rings. The fraction of sp³-hybridized carbons (Fsp3) is 0.594. The van der Waals surface area contributed by atoms with E-state index >= 15 is 0 Å². The predicted molar refractivity (Wildman–Crippen MR) is 150 cm³/mol. The lowest BCUT2D eigenvalue weighted by Gasteiger charge is -2.58. The van der Waals surface area contributed by atoms with Crippen LogP contribution in [-0.4, -0.2) is 51.2 Å². The van der Waals surface area contributed by atoms with Crippen LogP contribution in [0.1, 0.15) is 76.9 Å². The molecule has 1 aromatic rings. The number of carboxylic acids is 1. The summed E-state index contributed by atoms with van der Waals surface area (Å²) in [6, 6.07) is 6.83. The number of aliphatic hydroxyl groups excluding tert-OH is 1. The van der Waals surface area contributed by atoms with Gasteiger partial charge in [0.15, 0.2) is 12.6 Å². The molecular weight excluding hydrogens is 508 g/mol. The van der Waals surface area contributed by atoms with Gasteiger partial charge in [0.2, 0.25) is 0 Å². The third-order valence-electron chi connectivity index (χ3n) is 10.8. The van der Waals surface area contributed by atoms with Crippen molar-refractivity contribution in [1.29, 1.82) is 0 Å². The third kappa shape index (κ3) is 4.73. The molecule has 214 valence electrons. The van der Waals surface area contributed by atoms with Crippen LogP contribution < -0.4 is 5.32 Å². The molecule has 8 heteroatoms. The average Bonchev–Trinajstić information content (AvgIpc) is 3.22. The number of aliphatic carboxylic acids is 1. The zero-order chi connectivity index (χ0) is 28.7. The number of rotatable bonds is 7. The molecule has 5 rings (SSSR count). The molecule has 1 amide bonds. The van der Waals surface area contributed by atoms with E-state index in [1.54, 1.807) is 30.3 Å². The standard InChI is InChI=1S/C32H40N2O6/c1-4-32(39)17-14-25-23-11-10-21-18-22(12-15-30(21,2)24(23)13-16-31(25,32)3)34-40-19-26(35)33-27(29(37)38)28(36)20-8-6-5-7-9-20/h1,5-9,18,23-25,27-28,36,39H,10-17,19H2,2-3H3,(H,33,35)(H,37,38)/t23-,24-,25-,27+,28-,30+,31+,32+/m1/s1. The molecule has 8 atom stereocenters. The van der Waals surface area contributed by atoms with E-state index in [-0.39, 0.29) is 10.8 Å². The first-order chi connectivity index (χ1) is 19.0. The van der Waals surface area contributed by atoms with Crippen molar-refractivity contribution in [3.05, 3.63) is 47.5 Å². The Labute approximate surface area is 235 Å². The number of hydrogen-bond donors (Lipinski definition) is 4. The maximum atomic E-state index is 12.4. The minimum atomic E-state index is -1.51. The lowest BCUT2D eigenvalue weighted by Crippen LogP contribution is -2.54. The fourth-order valence-electron chi connectivity index (χ4n) is 8.40. The van der Waals surface area contributed by atoms with Crippen LogP contribution in [0.2, 0.25) is 0 Å². The Balaban J connectivity index is 1.21. The van der Waals surface area contributed by atoms with Gasteiger partial charge in [-0.15, -0.1) is 6.42 Å². The molecule has 0 unspecified atom stereocenters. The first-order valence-electron chi connectivity index (χ1n) is 14.4. The van der Waals surface area contributed by atoms with Gasteiger partial charge in [-0.25, -0.2) is 4.79 Å². The number of nitrogens with zero attached hydrogens (tertiary/aromatic N) is 1. The molecule has 4 N–H and O–H groups in total. The number of amides is 1. The zero-order valence-corrected chi connectivity index (χ0v) is 23.3. The molecule has 4 aliphatic rings. The highest BCUT2D eigenvalue weighted by atomic mass is 16.6. The summed E-state index contributed by atoms with van der Waals surface area (Å²) in [7, 11) is 0. The van der Waals surface area contributed by atoms with Gasteiger partial charge in [0.25, 0.3) is 5.91 Å². The van der Waals surface area contributed by atoms with Gasteiger partial charge in [-0.3, -0.25) is 4.79 Å². The molecular formula is C32H40N2O6. The summed E-state index contributed by atoms with van der Waals surface area (Å²) < 4.78 is 0. The summed E-state index contributed by atoms with van der Waals surface area (Å²) in [5, 5.41) is 37.7. The van der Waals surface area contributed by atoms with Gasteiger partial charge in [0.1, 0.15) is 11.7 Å². The van der Waals surface area contributed by atoms with Crippen molar-refractivity contribution in [2.75, 3.05) is 6.61 Å². The number of allylic oxidation sites excluding steroid dienone is 2. The maximum Gasteiger partial charge on any atom is 0.329 e. The highest BCUT2D eigenvalue weighted by Crippen LogP contribution is 2.67. The number of aliphatic hydroxyl groups is 2. The van der Waals surface area contributed by atoms with Crippen molar-refractivity contribution < 1.29 is 29.7 Å². The summed E-state index contributed by atoms with van der Waals surface area (Å²) in [5.41, 5.74) is 1.40. The third-order valence-corrected chi connectivity index (χ3v) is 10.8. The molecule has 40 heavy (non-hydrogen) atoms. The number of hydrogen-bond acceptors (Lipinski definition) is 6. The van der Waals surface area contributed by atoms with Crippen LogP contribution in [0.5, 0.6) is 0 Å². The predicted octanol–water partition coefficient (Wildman–Crippen LogP) is 3.99. The van der Waals surface area contributed by atoms with Crippen LogP contribution >= 0.6 is 0 Å². The maximum absolute atomic E-state index is 12.4. The SMILES string of the molecule is C#C[C@]1(O)CC[C@@H]2[C@@H]3CCC4=CC(=NOCC(=O)N[C@H](C(=O)O)[C@H](O)c5ccccc5)CC[C@]4(C)[C@@H]3CC[C@@]21C. The number of carbonyl (C=O) groups excluding carboxylic acids is 1. The number of nitrogens with one attached hydrogen (secondary N) is 1. The van der Waals surface area contributed by atoms with Crippen molar-refractivity contribution in [3.8, 4) is 12.3 Å². The highest BCUT2D eigenvalue weighted by Gasteiger charge is 2.63. The van der Waals surface area contributed by atoms with E-state index in [4.69, 9.17) is 11.3 Å². The van der Waals surface area contributed by atoms with Gasteiger partial charge < -0.3 is 25.5 Å². The largest absolute Gasteiger partial charge is 0.480 e. The number of carbonyl (C=O) groups is 2. The van der Waals surface area contributed by atoms with Crippen molar-refractivity contribution in [2.24, 2.45) is 33.7 Å². The van der Waals surface area contributed by atoms with Crippen LogP contribution in [0.3, 0.4) is 0 Å². The molecule has 0 aliphatic heterocycles. The van der Waals surface area contributed by atoms with Gasteiger partial charge in [-0.1, -0.05) is 60.8 Å². The van der Waals surface area contributed by atoms with Crippen LogP contribution in [0.4, 0.5) is 0 Å². The lowest BCUT2D eigenvalue weighted by molar-refractivity contribution is -0.146. The van der Waals surface area contributed by atoms with Crippen LogP contribution in [0.25, 0.3) is 0 Å². The van der Waals surface area contributed by atoms with Crippen molar-refractivity contribution >= 4 is 17.6 Å². The number of carboxylic acid groups (broad SMARTS) is 1. The Morgan fingerprint density at radius 2 is 1.85 bits per heavy atom. The lowest BCUT2D eigenvalue weighted by atomic mass is 9.46. The monoisotopic (exact) mass is 548 g/mol. The topological polar surface area (TPSA) is 128 Å². The van der Waals surface area contributed by atoms with Crippen LogP contribution in [0.15, 0.2) is 47.1 Å². The molecule has 4 aliphatic carbocycles. The fourth-order valence-corrected chi connectivity index (χ4v) is 8.40. The quantitative estimate of drug-likeness (QED) is 0.301. The number of terminal acetylenes is 1. The van der Waals surface area contributed by atoms with Crippen molar-refractivity contribution in [2.45, 2.75) is 83.0 Å². The summed E-state index contributed by atoms with van der Waals surface area (Å²) in [5.74, 6) is 2.27. The van der Waals surface area contributed by atoms with Crippen molar-refractivity contribution in [1.82, 2.24) is 5.32 Å². The number of oxime groups is 1. The Morgan fingerprint density at radius 1 is 1.12 bits per heavy atom. The van der Waals surface area contributed by atoms with Crippen molar-refractivity contribution in [3.63, 3.8) is 0 Å². The minimum Gasteiger partial charge on any atom is -0.480 e. The highest BCUT2D eigenvalue weighted by molar-refractivity contribution is 5.96. The molecule has 1 aromatic carbocycles. The summed E-state index contributed by atoms with van der Waals surface area (Å²) in [6.45, 7) is 4.13. The summed E-state index contributed by atoms with van der Waals surface area (Å²) in [4.78, 5) is 29.5. The van der Waals surface area contributed by atoms with E-state index in [2.05, 4.69) is 36.3 Å². The van der Waals surface area contributed by atoms with Gasteiger partial charge in [-0.2, -0.15) is 0 Å². The van der Waals surface area contributed by atoms with Crippen LogP contribution in [-0.2, 0) is 14.4 Å². The van der Waals surface area contributed by atoms with Gasteiger partial charge in [0.05, 0.1) is 5.71 Å². The molecule has 0 aromatic heterocycles. The van der Waals surface area contributed by atoms with E-state index in [0.717, 1.165) is 50.7 Å². The minimum absolute atomic E-state index is 0.0692. The van der Waals surface area contributed by atoms with Gasteiger partial charge >= 0.3 is 5.97 Å². The summed E-state index contributed by atoms with van der Waals surface area (Å²) >= 11 is 0. The van der Waals surface area contributed by atoms with E-state index in [0.29, 0.717) is 29.7 Å². The Kier molecular flexibility index (Phi) is 7.58. The van der Waals surface area contributed by atoms with E-state index in [1.807, 2.05) is 0 Å². The number of benzene rings is 1. The smallest absolute Gasteiger partial charge is 0.329 e. The summed E-state index contributed by atoms with van der Waals surface area (Å²) in [6.07, 6.45) is 13.9. The van der Waals surface area contributed by atoms with Gasteiger partial charge in [0, 0.05) is 5.41 Å². The van der Waals surface area contributed by atoms with E-state index in [1.165, 1.54) is 5.57 Å². The molecule has 0 radical (unpaired) electrons. The Bertz CT molecular complexity index is 1250. The molecule has 8 nitrogen and oxygen atoms in total. The Morgan fingerprint density at radius 3 is 2.55 bits per heavy atom. The molecule has 0 heterocycles. The second-order valence-electron chi connectivity index (χ2n) is 12.6. The van der Waals surface area contributed by atoms with E-state index < -0.39 is 36.2 Å². The van der Waals surface area contributed by atoms with E-state index in [9.17, 15) is 24.9 Å². The normalized spacial score (nSPS) is 37.1. The molecule has 0 spiro atoms. The first-order valence-corrected chi connectivity index (χ1v) is 14.4. The zero-order valence-electron chi connectivity index (χ0n) is 23.3. The first kappa shape index (κ1) is 28.4. The molecule has 0 bridgehead atoms. The molecule has 0 saturated heterocycles.